The number of carbonyl (C=O) groups excluding carboxylic acids is 1. The van der Waals surface area contributed by atoms with E-state index in [1.807, 2.05) is 0 Å². The van der Waals surface area contributed by atoms with E-state index in [-0.39, 0.29) is 60.1 Å². The molecule has 0 aliphatic carbocycles. The van der Waals surface area contributed by atoms with E-state index in [1.165, 1.54) is 0 Å². The molecule has 0 fully saturated rings. The van der Waals surface area contributed by atoms with Gasteiger partial charge < -0.3 is 54.2 Å². The Balaban J connectivity index is -0.00000000450. The standard InChI is InChI=1S/CH4N2O.3ClH.Cr.H2O/c2-1(3)4;;;;;/h(H4,2,3,4);3*1H;;1H2/q;;;;+3;/p-3. The first-order chi connectivity index (χ1) is 1.73. The van der Waals surface area contributed by atoms with Gasteiger partial charge in [0.05, 0.1) is 0 Å². The molecular formula is CH6Cl3CrN2O2. The molecule has 0 spiro atoms. The van der Waals surface area contributed by atoms with Gasteiger partial charge in [0, 0.05) is 0 Å². The predicted octanol–water partition coefficient (Wildman–Crippen LogP) is -10.8. The Labute approximate surface area is 82.4 Å². The number of urea groups is 1. The summed E-state index contributed by atoms with van der Waals surface area (Å²) >= 11 is 0. The van der Waals surface area contributed by atoms with E-state index in [4.69, 9.17) is 4.79 Å². The van der Waals surface area contributed by atoms with Crippen molar-refractivity contribution in [1.82, 2.24) is 0 Å². The maximum atomic E-state index is 9.00. The summed E-state index contributed by atoms with van der Waals surface area (Å²) < 4.78 is 0. The van der Waals surface area contributed by atoms with Gasteiger partial charge in [-0.1, -0.05) is 0 Å². The molecule has 0 aromatic heterocycles. The van der Waals surface area contributed by atoms with Crippen LogP contribution >= 0.6 is 0 Å². The van der Waals surface area contributed by atoms with E-state index >= 15 is 0 Å². The minimum atomic E-state index is -0.833. The molecule has 59 valence electrons. The first-order valence-corrected chi connectivity index (χ1v) is 0.781. The second-order valence-corrected chi connectivity index (χ2v) is 0.402. The number of hydrogen-bond acceptors (Lipinski definition) is 1. The molecule has 0 saturated heterocycles. The molecule has 8 heteroatoms. The Morgan fingerprint density at radius 2 is 1.00 bits per heavy atom. The van der Waals surface area contributed by atoms with E-state index in [2.05, 4.69) is 11.5 Å². The third-order valence-electron chi connectivity index (χ3n) is 0. The number of rotatable bonds is 0. The van der Waals surface area contributed by atoms with Crippen LogP contribution in [0, 0.1) is 0 Å². The third kappa shape index (κ3) is 949. The molecule has 0 saturated carbocycles. The molecule has 0 aliphatic rings. The monoisotopic (exact) mass is 235 g/mol. The zero-order chi connectivity index (χ0) is 3.58. The minimum absolute atomic E-state index is 0. The van der Waals surface area contributed by atoms with Crippen molar-refractivity contribution >= 4 is 6.03 Å². The van der Waals surface area contributed by atoms with Crippen molar-refractivity contribution in [1.29, 1.82) is 0 Å². The van der Waals surface area contributed by atoms with E-state index in [9.17, 15) is 0 Å². The van der Waals surface area contributed by atoms with Gasteiger partial charge in [-0.2, -0.15) is 0 Å². The van der Waals surface area contributed by atoms with Crippen LogP contribution in [0.5, 0.6) is 0 Å². The Morgan fingerprint density at radius 3 is 1.00 bits per heavy atom. The summed E-state index contributed by atoms with van der Waals surface area (Å²) in [5.41, 5.74) is 8.50. The number of primary amides is 2. The second kappa shape index (κ2) is 38.1. The quantitative estimate of drug-likeness (QED) is 0.429. The SMILES string of the molecule is NC(N)=O.O.[Cl-].[Cl-].[Cl-].[Cr+3]. The largest absolute Gasteiger partial charge is 3.00 e. The minimum Gasteiger partial charge on any atom is -1.00 e. The van der Waals surface area contributed by atoms with Crippen molar-refractivity contribution in [3.8, 4) is 0 Å². The van der Waals surface area contributed by atoms with Gasteiger partial charge in [0.2, 0.25) is 0 Å². The molecule has 1 radical (unpaired) electrons. The Morgan fingerprint density at radius 1 is 1.00 bits per heavy atom. The van der Waals surface area contributed by atoms with E-state index < -0.39 is 6.03 Å². The second-order valence-electron chi connectivity index (χ2n) is 0.402. The van der Waals surface area contributed by atoms with Crippen molar-refractivity contribution in [3.05, 3.63) is 0 Å². The maximum absolute atomic E-state index is 9.00. The number of amides is 2. The van der Waals surface area contributed by atoms with Crippen LogP contribution in [0.2, 0.25) is 0 Å². The maximum Gasteiger partial charge on any atom is 3.00 e. The Bertz CT molecular complexity index is 42.8. The molecular weight excluding hydrogens is 230 g/mol. The fourth-order valence-electron chi connectivity index (χ4n) is 0. The van der Waals surface area contributed by atoms with Crippen LogP contribution in [0.3, 0.4) is 0 Å². The average Bonchev–Trinajstić information content (AvgIpc) is 0.811. The summed E-state index contributed by atoms with van der Waals surface area (Å²) in [4.78, 5) is 9.00. The molecule has 0 heterocycles. The summed E-state index contributed by atoms with van der Waals surface area (Å²) in [6.07, 6.45) is 0. The molecule has 0 atom stereocenters. The van der Waals surface area contributed by atoms with Crippen LogP contribution in [0.25, 0.3) is 0 Å². The third-order valence-corrected chi connectivity index (χ3v) is 0. The van der Waals surface area contributed by atoms with Crippen molar-refractivity contribution in [3.63, 3.8) is 0 Å². The van der Waals surface area contributed by atoms with Gasteiger partial charge in [0.1, 0.15) is 0 Å². The van der Waals surface area contributed by atoms with Gasteiger partial charge in [0.15, 0.2) is 0 Å². The molecule has 9 heavy (non-hydrogen) atoms. The molecule has 0 aromatic rings. The summed E-state index contributed by atoms with van der Waals surface area (Å²) in [6, 6.07) is -0.833. The molecule has 0 bridgehead atoms. The molecule has 0 rings (SSSR count). The van der Waals surface area contributed by atoms with Crippen molar-refractivity contribution in [2.75, 3.05) is 0 Å². The van der Waals surface area contributed by atoms with Crippen LogP contribution in [0.15, 0.2) is 0 Å². The summed E-state index contributed by atoms with van der Waals surface area (Å²) in [6.45, 7) is 0. The van der Waals surface area contributed by atoms with E-state index in [0.29, 0.717) is 0 Å². The van der Waals surface area contributed by atoms with Gasteiger partial charge >= 0.3 is 23.4 Å². The average molecular weight is 236 g/mol. The van der Waals surface area contributed by atoms with Gasteiger partial charge in [-0.3, -0.25) is 0 Å². The van der Waals surface area contributed by atoms with Crippen molar-refractivity contribution in [2.24, 2.45) is 11.5 Å². The van der Waals surface area contributed by atoms with Gasteiger partial charge in [0.25, 0.3) is 0 Å². The zero-order valence-electron chi connectivity index (χ0n) is 4.11. The fourth-order valence-corrected chi connectivity index (χ4v) is 0. The van der Waals surface area contributed by atoms with Gasteiger partial charge in [-0.25, -0.2) is 4.79 Å². The van der Waals surface area contributed by atoms with Gasteiger partial charge in [-0.15, -0.1) is 0 Å². The van der Waals surface area contributed by atoms with Crippen LogP contribution in [-0.2, 0) is 17.4 Å². The summed E-state index contributed by atoms with van der Waals surface area (Å²) in [5.74, 6) is 0. The van der Waals surface area contributed by atoms with E-state index in [0.717, 1.165) is 0 Å². The van der Waals surface area contributed by atoms with Crippen LogP contribution in [0.1, 0.15) is 0 Å². The number of carbonyl (C=O) groups is 1. The van der Waals surface area contributed by atoms with Crippen LogP contribution in [0.4, 0.5) is 4.79 Å². The molecule has 0 aromatic carbocycles. The van der Waals surface area contributed by atoms with E-state index in [1.54, 1.807) is 0 Å². The zero-order valence-corrected chi connectivity index (χ0v) is 7.65. The van der Waals surface area contributed by atoms with Crippen LogP contribution in [-0.4, -0.2) is 11.5 Å². The first-order valence-electron chi connectivity index (χ1n) is 0.781. The van der Waals surface area contributed by atoms with Crippen LogP contribution < -0.4 is 48.7 Å². The Kier molecular flexibility index (Phi) is 230. The summed E-state index contributed by atoms with van der Waals surface area (Å²) in [7, 11) is 0. The fraction of sp³-hybridized carbons (Fsp3) is 0. The topological polar surface area (TPSA) is 101 Å². The van der Waals surface area contributed by atoms with Crippen molar-refractivity contribution in [2.45, 2.75) is 0 Å². The predicted molar refractivity (Wildman–Crippen MR) is 17.4 cm³/mol. The summed E-state index contributed by atoms with van der Waals surface area (Å²) in [5, 5.41) is 0. The normalized spacial score (nSPS) is 2.67. The molecule has 4 nitrogen and oxygen atoms in total. The molecule has 0 unspecified atom stereocenters. The number of nitrogens with two attached hydrogens (primary N) is 2. The first kappa shape index (κ1) is 54.4. The molecule has 6 N–H and O–H groups in total. The smallest absolute Gasteiger partial charge is 1.00 e. The Hall–Kier alpha value is 0.632. The molecule has 2 amide bonds. The number of halogens is 3. The van der Waals surface area contributed by atoms with Gasteiger partial charge in [-0.05, 0) is 0 Å². The van der Waals surface area contributed by atoms with Crippen molar-refractivity contribution < 1.29 is 64.9 Å². The molecule has 0 aliphatic heterocycles. The number of hydrogen-bond donors (Lipinski definition) is 2.